The highest BCUT2D eigenvalue weighted by atomic mass is 32.2. The van der Waals surface area contributed by atoms with Crippen LogP contribution in [0.25, 0.3) is 0 Å². The van der Waals surface area contributed by atoms with Crippen molar-refractivity contribution in [2.24, 2.45) is 11.3 Å². The first-order valence-electron chi connectivity index (χ1n) is 5.91. The predicted molar refractivity (Wildman–Crippen MR) is 64.9 cm³/mol. The maximum atomic E-state index is 12.4. The van der Waals surface area contributed by atoms with Gasteiger partial charge in [0.15, 0.2) is 0 Å². The smallest absolute Gasteiger partial charge is 0.380 e. The Labute approximate surface area is 115 Å². The van der Waals surface area contributed by atoms with Crippen molar-refractivity contribution in [3.8, 4) is 0 Å². The van der Waals surface area contributed by atoms with Gasteiger partial charge in [-0.05, 0) is 26.3 Å². The summed E-state index contributed by atoms with van der Waals surface area (Å²) in [6, 6.07) is 0. The molecule has 0 heterocycles. The number of ether oxygens (including phenoxy) is 1. The van der Waals surface area contributed by atoms with Crippen LogP contribution in [0, 0.1) is 11.3 Å². The van der Waals surface area contributed by atoms with Gasteiger partial charge in [-0.3, -0.25) is 0 Å². The fourth-order valence-electron chi connectivity index (χ4n) is 2.68. The van der Waals surface area contributed by atoms with Crippen LogP contribution >= 0.6 is 0 Å². The molecule has 0 amide bonds. The summed E-state index contributed by atoms with van der Waals surface area (Å²) in [5, 5.41) is 0. The zero-order chi connectivity index (χ0) is 15.4. The molecular weight excluding hydrogens is 297 g/mol. The van der Waals surface area contributed by atoms with Gasteiger partial charge in [-0.1, -0.05) is 12.2 Å². The van der Waals surface area contributed by atoms with Gasteiger partial charge in [0.05, 0.1) is 5.60 Å². The zero-order valence-electron chi connectivity index (χ0n) is 11.2. The average molecular weight is 312 g/mol. The molecule has 0 aromatic carbocycles. The topological polar surface area (TPSA) is 52.6 Å². The molecule has 0 spiro atoms. The van der Waals surface area contributed by atoms with Crippen LogP contribution in [0.2, 0.25) is 0 Å². The highest BCUT2D eigenvalue weighted by Crippen LogP contribution is 2.52. The Morgan fingerprint density at radius 3 is 2.40 bits per heavy atom. The largest absolute Gasteiger partial charge is 0.534 e. The SMILES string of the molecule is COC1(C)CC2(C)C=CC1C=C2OS(=O)(=O)C(F)(F)F. The molecule has 0 N–H and O–H groups in total. The first-order chi connectivity index (χ1) is 8.94. The van der Waals surface area contributed by atoms with Crippen molar-refractivity contribution in [3.05, 3.63) is 24.0 Å². The third kappa shape index (κ3) is 2.24. The molecule has 3 unspecified atom stereocenters. The van der Waals surface area contributed by atoms with E-state index in [1.54, 1.807) is 19.1 Å². The molecule has 3 atom stereocenters. The summed E-state index contributed by atoms with van der Waals surface area (Å²) in [6.45, 7) is 3.44. The lowest BCUT2D eigenvalue weighted by atomic mass is 9.63. The van der Waals surface area contributed by atoms with E-state index >= 15 is 0 Å². The Bertz CT molecular complexity index is 578. The molecule has 0 saturated carbocycles. The number of methoxy groups -OCH3 is 1. The summed E-state index contributed by atoms with van der Waals surface area (Å²) < 4.78 is 69.1. The van der Waals surface area contributed by atoms with E-state index in [2.05, 4.69) is 4.18 Å². The van der Waals surface area contributed by atoms with Crippen LogP contribution in [-0.2, 0) is 19.0 Å². The maximum absolute atomic E-state index is 12.4. The molecule has 20 heavy (non-hydrogen) atoms. The van der Waals surface area contributed by atoms with Crippen LogP contribution < -0.4 is 0 Å². The highest BCUT2D eigenvalue weighted by Gasteiger charge is 2.54. The fraction of sp³-hybridized carbons (Fsp3) is 0.667. The maximum Gasteiger partial charge on any atom is 0.534 e. The number of halogens is 3. The summed E-state index contributed by atoms with van der Waals surface area (Å²) in [4.78, 5) is 0. The van der Waals surface area contributed by atoms with Crippen molar-refractivity contribution >= 4 is 10.1 Å². The van der Waals surface area contributed by atoms with Gasteiger partial charge in [0.25, 0.3) is 0 Å². The molecule has 3 rings (SSSR count). The number of fused-ring (bicyclic) bond motifs is 1. The van der Waals surface area contributed by atoms with E-state index < -0.39 is 26.6 Å². The Balaban J connectivity index is 2.36. The van der Waals surface area contributed by atoms with Gasteiger partial charge >= 0.3 is 15.6 Å². The molecule has 0 aliphatic heterocycles. The average Bonchev–Trinajstić information content (AvgIpc) is 2.29. The third-order valence-electron chi connectivity index (χ3n) is 3.94. The van der Waals surface area contributed by atoms with Crippen molar-refractivity contribution < 1.29 is 30.5 Å². The summed E-state index contributed by atoms with van der Waals surface area (Å²) >= 11 is 0. The van der Waals surface area contributed by atoms with E-state index in [1.165, 1.54) is 13.2 Å². The molecule has 114 valence electrons. The molecule has 4 nitrogen and oxygen atoms in total. The van der Waals surface area contributed by atoms with E-state index in [4.69, 9.17) is 4.74 Å². The van der Waals surface area contributed by atoms with E-state index in [0.717, 1.165) is 0 Å². The monoisotopic (exact) mass is 312 g/mol. The van der Waals surface area contributed by atoms with Gasteiger partial charge in [0, 0.05) is 18.4 Å². The van der Waals surface area contributed by atoms with Crippen LogP contribution in [0.15, 0.2) is 24.0 Å². The summed E-state index contributed by atoms with van der Waals surface area (Å²) in [5.41, 5.74) is -6.95. The van der Waals surface area contributed by atoms with Crippen LogP contribution in [0.3, 0.4) is 0 Å². The van der Waals surface area contributed by atoms with Crippen molar-refractivity contribution in [2.75, 3.05) is 7.11 Å². The zero-order valence-corrected chi connectivity index (χ0v) is 12.0. The fourth-order valence-corrected chi connectivity index (χ4v) is 3.25. The number of hydrogen-bond acceptors (Lipinski definition) is 4. The molecule has 3 aliphatic carbocycles. The quantitative estimate of drug-likeness (QED) is 0.457. The van der Waals surface area contributed by atoms with E-state index in [1.807, 2.05) is 6.92 Å². The molecule has 2 bridgehead atoms. The Hall–Kier alpha value is -1.02. The van der Waals surface area contributed by atoms with Crippen LogP contribution in [-0.4, -0.2) is 26.6 Å². The predicted octanol–water partition coefficient (Wildman–Crippen LogP) is 2.74. The van der Waals surface area contributed by atoms with Crippen LogP contribution in [0.5, 0.6) is 0 Å². The molecule has 0 aromatic heterocycles. The lowest BCUT2D eigenvalue weighted by Crippen LogP contribution is -2.48. The van der Waals surface area contributed by atoms with Crippen molar-refractivity contribution in [2.45, 2.75) is 31.4 Å². The van der Waals surface area contributed by atoms with Crippen LogP contribution in [0.4, 0.5) is 13.2 Å². The molecule has 3 aliphatic rings. The van der Waals surface area contributed by atoms with Crippen LogP contribution in [0.1, 0.15) is 20.3 Å². The van der Waals surface area contributed by atoms with Gasteiger partial charge in [-0.15, -0.1) is 0 Å². The van der Waals surface area contributed by atoms with Crippen molar-refractivity contribution in [3.63, 3.8) is 0 Å². The Kier molecular flexibility index (Phi) is 3.26. The summed E-state index contributed by atoms with van der Waals surface area (Å²) in [6.07, 6.45) is 5.19. The molecule has 0 radical (unpaired) electrons. The molecule has 0 fully saturated rings. The number of allylic oxidation sites excluding steroid dienone is 1. The highest BCUT2D eigenvalue weighted by molar-refractivity contribution is 7.87. The van der Waals surface area contributed by atoms with Gasteiger partial charge in [0.2, 0.25) is 0 Å². The first-order valence-corrected chi connectivity index (χ1v) is 7.32. The molecule has 0 saturated heterocycles. The second kappa shape index (κ2) is 4.24. The third-order valence-corrected chi connectivity index (χ3v) is 4.90. The second-order valence-corrected chi connectivity index (χ2v) is 7.05. The lowest BCUT2D eigenvalue weighted by Gasteiger charge is -2.48. The Morgan fingerprint density at radius 1 is 1.35 bits per heavy atom. The molecule has 8 heteroatoms. The second-order valence-electron chi connectivity index (χ2n) is 5.51. The van der Waals surface area contributed by atoms with Gasteiger partial charge in [-0.2, -0.15) is 21.6 Å². The lowest BCUT2D eigenvalue weighted by molar-refractivity contribution is -0.0655. The normalized spacial score (nSPS) is 36.9. The standard InChI is InChI=1S/C12H15F3O4S/c1-10-5-4-8(11(2,7-10)18-3)6-9(10)19-20(16,17)12(13,14)15/h4-6,8H,7H2,1-3H3. The van der Waals surface area contributed by atoms with Crippen molar-refractivity contribution in [1.29, 1.82) is 0 Å². The summed E-state index contributed by atoms with van der Waals surface area (Å²) in [7, 11) is -4.13. The van der Waals surface area contributed by atoms with E-state index in [0.29, 0.717) is 6.42 Å². The molecular formula is C12H15F3O4S. The van der Waals surface area contributed by atoms with E-state index in [9.17, 15) is 21.6 Å². The number of alkyl halides is 3. The number of rotatable bonds is 3. The van der Waals surface area contributed by atoms with Gasteiger partial charge in [-0.25, -0.2) is 0 Å². The van der Waals surface area contributed by atoms with Gasteiger partial charge in [0.1, 0.15) is 5.76 Å². The first kappa shape index (κ1) is 15.4. The summed E-state index contributed by atoms with van der Waals surface area (Å²) in [5.74, 6) is -0.524. The van der Waals surface area contributed by atoms with E-state index in [-0.39, 0.29) is 11.7 Å². The minimum Gasteiger partial charge on any atom is -0.380 e. The molecule has 0 aromatic rings. The Morgan fingerprint density at radius 2 is 1.95 bits per heavy atom. The number of hydrogen-bond donors (Lipinski definition) is 0. The minimum atomic E-state index is -5.64. The van der Waals surface area contributed by atoms with Gasteiger partial charge < -0.3 is 8.92 Å². The van der Waals surface area contributed by atoms with Crippen molar-refractivity contribution in [1.82, 2.24) is 0 Å². The minimum absolute atomic E-state index is 0.197.